The number of carbonyl (C=O) groups excluding carboxylic acids is 1. The summed E-state index contributed by atoms with van der Waals surface area (Å²) in [5.74, 6) is 1.82. The number of aryl methyl sites for hydroxylation is 1. The van der Waals surface area contributed by atoms with E-state index in [9.17, 15) is 4.79 Å². The summed E-state index contributed by atoms with van der Waals surface area (Å²) in [6, 6.07) is 22.4. The number of rotatable bonds is 6. The van der Waals surface area contributed by atoms with Crippen molar-refractivity contribution in [2.45, 2.75) is 6.92 Å². The van der Waals surface area contributed by atoms with Crippen LogP contribution in [0.3, 0.4) is 0 Å². The first kappa shape index (κ1) is 19.1. The molecular formula is C24H19N3O3. The molecule has 0 saturated heterocycles. The van der Waals surface area contributed by atoms with E-state index < -0.39 is 5.97 Å². The molecule has 4 aromatic rings. The van der Waals surface area contributed by atoms with E-state index in [1.165, 1.54) is 12.3 Å². The van der Waals surface area contributed by atoms with Gasteiger partial charge in [0.15, 0.2) is 0 Å². The van der Waals surface area contributed by atoms with Crippen molar-refractivity contribution in [3.63, 3.8) is 0 Å². The largest absolute Gasteiger partial charge is 0.465 e. The highest BCUT2D eigenvalue weighted by molar-refractivity contribution is 5.88. The Hall–Kier alpha value is -4.19. The Kier molecular flexibility index (Phi) is 5.66. The van der Waals surface area contributed by atoms with Gasteiger partial charge in [-0.05, 0) is 37.3 Å². The van der Waals surface area contributed by atoms with Gasteiger partial charge < -0.3 is 14.5 Å². The normalized spacial score (nSPS) is 10.8. The Balaban J connectivity index is 1.48. The molecule has 2 aromatic heterocycles. The third-order valence-electron chi connectivity index (χ3n) is 4.16. The standard InChI is InChI=1S/C24H19N3O3/c1-17-25-22(18-7-3-2-4-8-18)16-23(26-17)27-19-9-5-10-21(15-19)30-24(28)13-12-20-11-6-14-29-20/h2-16H,1H3,(H,25,26,27)/b13-12+. The Bertz CT molecular complexity index is 1170. The smallest absolute Gasteiger partial charge is 0.336 e. The highest BCUT2D eigenvalue weighted by Gasteiger charge is 2.07. The summed E-state index contributed by atoms with van der Waals surface area (Å²) in [6.45, 7) is 1.85. The monoisotopic (exact) mass is 397 g/mol. The van der Waals surface area contributed by atoms with Crippen LogP contribution in [0.15, 0.2) is 89.6 Å². The van der Waals surface area contributed by atoms with Crippen molar-refractivity contribution in [1.29, 1.82) is 0 Å². The Morgan fingerprint density at radius 1 is 1.00 bits per heavy atom. The minimum absolute atomic E-state index is 0.420. The Labute approximate surface area is 173 Å². The molecule has 2 aromatic carbocycles. The van der Waals surface area contributed by atoms with Crippen molar-refractivity contribution in [3.05, 3.63) is 96.7 Å². The first-order valence-corrected chi connectivity index (χ1v) is 9.37. The van der Waals surface area contributed by atoms with E-state index in [1.807, 2.05) is 49.4 Å². The number of anilines is 2. The van der Waals surface area contributed by atoms with Crippen LogP contribution in [0.25, 0.3) is 17.3 Å². The van der Waals surface area contributed by atoms with Crippen LogP contribution in [-0.2, 0) is 4.79 Å². The molecule has 2 heterocycles. The van der Waals surface area contributed by atoms with Crippen LogP contribution in [0.2, 0.25) is 0 Å². The maximum atomic E-state index is 12.0. The summed E-state index contributed by atoms with van der Waals surface area (Å²) in [6.07, 6.45) is 4.41. The van der Waals surface area contributed by atoms with Gasteiger partial charge in [-0.1, -0.05) is 36.4 Å². The number of nitrogens with one attached hydrogen (secondary N) is 1. The topological polar surface area (TPSA) is 77.3 Å². The third-order valence-corrected chi connectivity index (χ3v) is 4.16. The quantitative estimate of drug-likeness (QED) is 0.266. The van der Waals surface area contributed by atoms with Crippen molar-refractivity contribution in [1.82, 2.24) is 9.97 Å². The molecule has 6 heteroatoms. The van der Waals surface area contributed by atoms with Gasteiger partial charge in [0, 0.05) is 29.5 Å². The number of aromatic nitrogens is 2. The van der Waals surface area contributed by atoms with E-state index in [4.69, 9.17) is 9.15 Å². The molecule has 0 aliphatic heterocycles. The van der Waals surface area contributed by atoms with Crippen molar-refractivity contribution >= 4 is 23.6 Å². The maximum absolute atomic E-state index is 12.0. The van der Waals surface area contributed by atoms with Crippen LogP contribution in [0, 0.1) is 6.92 Å². The second kappa shape index (κ2) is 8.87. The lowest BCUT2D eigenvalue weighted by Crippen LogP contribution is -2.04. The first-order valence-electron chi connectivity index (χ1n) is 9.37. The lowest BCUT2D eigenvalue weighted by molar-refractivity contribution is -0.128. The van der Waals surface area contributed by atoms with Crippen LogP contribution in [0.5, 0.6) is 5.75 Å². The van der Waals surface area contributed by atoms with Crippen molar-refractivity contribution < 1.29 is 13.9 Å². The molecule has 148 valence electrons. The van der Waals surface area contributed by atoms with E-state index in [2.05, 4.69) is 15.3 Å². The minimum Gasteiger partial charge on any atom is -0.465 e. The highest BCUT2D eigenvalue weighted by Crippen LogP contribution is 2.24. The number of hydrogen-bond acceptors (Lipinski definition) is 6. The second-order valence-corrected chi connectivity index (χ2v) is 6.47. The van der Waals surface area contributed by atoms with Gasteiger partial charge >= 0.3 is 5.97 Å². The molecule has 4 rings (SSSR count). The fourth-order valence-corrected chi connectivity index (χ4v) is 2.86. The third kappa shape index (κ3) is 4.99. The average molecular weight is 397 g/mol. The average Bonchev–Trinajstić information content (AvgIpc) is 3.26. The summed E-state index contributed by atoms with van der Waals surface area (Å²) in [7, 11) is 0. The van der Waals surface area contributed by atoms with Gasteiger partial charge in [0.25, 0.3) is 0 Å². The van der Waals surface area contributed by atoms with Gasteiger partial charge in [0.1, 0.15) is 23.2 Å². The molecule has 30 heavy (non-hydrogen) atoms. The fourth-order valence-electron chi connectivity index (χ4n) is 2.86. The number of ether oxygens (including phenoxy) is 1. The predicted octanol–water partition coefficient (Wildman–Crippen LogP) is 5.41. The summed E-state index contributed by atoms with van der Waals surface area (Å²) in [5.41, 5.74) is 2.58. The van der Waals surface area contributed by atoms with Gasteiger partial charge in [-0.3, -0.25) is 0 Å². The van der Waals surface area contributed by atoms with E-state index >= 15 is 0 Å². The zero-order valence-corrected chi connectivity index (χ0v) is 16.3. The van der Waals surface area contributed by atoms with Crippen LogP contribution in [0.1, 0.15) is 11.6 Å². The van der Waals surface area contributed by atoms with Crippen LogP contribution in [0.4, 0.5) is 11.5 Å². The SMILES string of the molecule is Cc1nc(Nc2cccc(OC(=O)/C=C/c3ccco3)c2)cc(-c2ccccc2)n1. The number of furan rings is 1. The van der Waals surface area contributed by atoms with Crippen molar-refractivity contribution in [2.24, 2.45) is 0 Å². The molecule has 0 radical (unpaired) electrons. The van der Waals surface area contributed by atoms with Crippen molar-refractivity contribution in [2.75, 3.05) is 5.32 Å². The molecule has 0 fully saturated rings. The summed E-state index contributed by atoms with van der Waals surface area (Å²) >= 11 is 0. The lowest BCUT2D eigenvalue weighted by Gasteiger charge is -2.10. The number of benzene rings is 2. The number of esters is 1. The Morgan fingerprint density at radius 2 is 1.87 bits per heavy atom. The molecule has 0 aliphatic rings. The second-order valence-electron chi connectivity index (χ2n) is 6.47. The molecule has 0 spiro atoms. The van der Waals surface area contributed by atoms with E-state index in [0.29, 0.717) is 23.2 Å². The maximum Gasteiger partial charge on any atom is 0.336 e. The van der Waals surface area contributed by atoms with E-state index in [-0.39, 0.29) is 0 Å². The molecule has 0 aliphatic carbocycles. The molecule has 1 N–H and O–H groups in total. The Morgan fingerprint density at radius 3 is 2.67 bits per heavy atom. The summed E-state index contributed by atoms with van der Waals surface area (Å²) in [5, 5.41) is 3.25. The minimum atomic E-state index is -0.493. The van der Waals surface area contributed by atoms with Gasteiger partial charge in [0.05, 0.1) is 12.0 Å². The first-order chi connectivity index (χ1) is 14.7. The molecule has 0 unspecified atom stereocenters. The van der Waals surface area contributed by atoms with Gasteiger partial charge in [0.2, 0.25) is 0 Å². The predicted molar refractivity (Wildman–Crippen MR) is 115 cm³/mol. The lowest BCUT2D eigenvalue weighted by atomic mass is 10.1. The number of hydrogen-bond donors (Lipinski definition) is 1. The molecule has 0 atom stereocenters. The van der Waals surface area contributed by atoms with Crippen LogP contribution >= 0.6 is 0 Å². The molecule has 0 bridgehead atoms. The van der Waals surface area contributed by atoms with Gasteiger partial charge in [-0.2, -0.15) is 0 Å². The van der Waals surface area contributed by atoms with Gasteiger partial charge in [-0.15, -0.1) is 0 Å². The molecule has 0 saturated carbocycles. The summed E-state index contributed by atoms with van der Waals surface area (Å²) in [4.78, 5) is 21.0. The molecular weight excluding hydrogens is 378 g/mol. The van der Waals surface area contributed by atoms with E-state index in [0.717, 1.165) is 16.9 Å². The van der Waals surface area contributed by atoms with Crippen LogP contribution in [-0.4, -0.2) is 15.9 Å². The van der Waals surface area contributed by atoms with Crippen LogP contribution < -0.4 is 10.1 Å². The number of carbonyl (C=O) groups is 1. The fraction of sp³-hybridized carbons (Fsp3) is 0.0417. The summed E-state index contributed by atoms with van der Waals surface area (Å²) < 4.78 is 10.5. The zero-order chi connectivity index (χ0) is 20.8. The van der Waals surface area contributed by atoms with E-state index in [1.54, 1.807) is 36.4 Å². The molecule has 0 amide bonds. The van der Waals surface area contributed by atoms with Crippen molar-refractivity contribution in [3.8, 4) is 17.0 Å². The van der Waals surface area contributed by atoms with Gasteiger partial charge in [-0.25, -0.2) is 14.8 Å². The zero-order valence-electron chi connectivity index (χ0n) is 16.3. The number of nitrogens with zero attached hydrogens (tertiary/aromatic N) is 2. The molecule has 6 nitrogen and oxygen atoms in total. The highest BCUT2D eigenvalue weighted by atomic mass is 16.5.